The summed E-state index contributed by atoms with van der Waals surface area (Å²) in [6.45, 7) is 1.12. The number of ether oxygens (including phenoxy) is 2. The summed E-state index contributed by atoms with van der Waals surface area (Å²) in [5.74, 6) is -1.08. The van der Waals surface area contributed by atoms with E-state index in [9.17, 15) is 19.6 Å². The van der Waals surface area contributed by atoms with E-state index >= 15 is 0 Å². The van der Waals surface area contributed by atoms with Crippen LogP contribution in [0.3, 0.4) is 0 Å². The largest absolute Gasteiger partial charge is 0.461 e. The number of nitrogens with zero attached hydrogens (tertiary/aromatic N) is 6. The molecule has 0 spiro atoms. The number of pyridine rings is 1. The molecule has 184 valence electrons. The fourth-order valence-corrected chi connectivity index (χ4v) is 3.38. The number of amides is 1. The Labute approximate surface area is 209 Å². The van der Waals surface area contributed by atoms with E-state index in [0.29, 0.717) is 21.7 Å². The number of halogens is 2. The average molecular weight is 512 g/mol. The van der Waals surface area contributed by atoms with E-state index in [2.05, 4.69) is 31.4 Å². The van der Waals surface area contributed by atoms with Crippen molar-refractivity contribution in [2.75, 3.05) is 18.5 Å². The number of carbonyl (C=O) groups is 1. The fraction of sp³-hybridized carbons (Fsp3) is 0.217. The summed E-state index contributed by atoms with van der Waals surface area (Å²) in [6, 6.07) is 9.38. The zero-order valence-corrected chi connectivity index (χ0v) is 19.6. The first-order chi connectivity index (χ1) is 17.4. The first kappa shape index (κ1) is 24.9. The lowest BCUT2D eigenvalue weighted by Crippen LogP contribution is -2.38. The van der Waals surface area contributed by atoms with Gasteiger partial charge in [-0.25, -0.2) is 24.0 Å². The number of aliphatic hydroxyl groups is 1. The number of fused-ring (bicyclic) bond motifs is 1. The van der Waals surface area contributed by atoms with E-state index in [0.717, 1.165) is 12.3 Å². The van der Waals surface area contributed by atoms with Crippen LogP contribution in [0, 0.1) is 17.1 Å². The number of para-hydroxylation sites is 1. The number of aromatic nitrogens is 5. The molecule has 3 heterocycles. The van der Waals surface area contributed by atoms with Gasteiger partial charge in [-0.2, -0.15) is 5.26 Å². The maximum Gasteiger partial charge on any atom is 0.269 e. The highest BCUT2D eigenvalue weighted by atomic mass is 35.5. The molecule has 1 aromatic carbocycles. The number of nitrogens with one attached hydrogen (secondary N) is 1. The molecule has 0 unspecified atom stereocenters. The molecule has 4 aromatic rings. The van der Waals surface area contributed by atoms with Crippen molar-refractivity contribution < 1.29 is 23.8 Å². The maximum atomic E-state index is 13.2. The minimum Gasteiger partial charge on any atom is -0.461 e. The summed E-state index contributed by atoms with van der Waals surface area (Å²) >= 11 is 6.31. The van der Waals surface area contributed by atoms with Crippen molar-refractivity contribution in [1.29, 1.82) is 5.26 Å². The second-order valence-electron chi connectivity index (χ2n) is 7.52. The standard InChI is InChI=1S/C23H19ClFN7O4/c1-13(10-33)35-11-18(22(34)30-19-6-5-15(25)8-27-19)36-23-16-9-32(31-21(16)28-12-29-23)20-14(7-26)3-2-4-17(20)24/h2-6,8-9,12-13,18,33H,10-11H2,1H3,(H,27,30,34)/t13-,18+/m1/s1. The minimum absolute atomic E-state index is 0.0179. The highest BCUT2D eigenvalue weighted by Gasteiger charge is 2.25. The zero-order valence-electron chi connectivity index (χ0n) is 18.8. The van der Waals surface area contributed by atoms with Crippen LogP contribution in [0.1, 0.15) is 12.5 Å². The first-order valence-electron chi connectivity index (χ1n) is 10.6. The Morgan fingerprint density at radius 1 is 1.31 bits per heavy atom. The number of aliphatic hydroxyl groups excluding tert-OH is 1. The molecule has 2 atom stereocenters. The number of hydrogen-bond acceptors (Lipinski definition) is 9. The first-order valence-corrected chi connectivity index (χ1v) is 11.0. The molecule has 0 fully saturated rings. The van der Waals surface area contributed by atoms with Crippen LogP contribution in [0.5, 0.6) is 5.88 Å². The third-order valence-corrected chi connectivity index (χ3v) is 5.24. The molecule has 11 nitrogen and oxygen atoms in total. The molecule has 0 aliphatic heterocycles. The predicted molar refractivity (Wildman–Crippen MR) is 126 cm³/mol. The molecule has 0 saturated heterocycles. The van der Waals surface area contributed by atoms with E-state index in [1.165, 1.54) is 23.3 Å². The Hall–Kier alpha value is -4.18. The second kappa shape index (κ2) is 11.0. The molecule has 0 bridgehead atoms. The van der Waals surface area contributed by atoms with E-state index in [1.807, 2.05) is 0 Å². The molecule has 1 amide bonds. The van der Waals surface area contributed by atoms with Gasteiger partial charge < -0.3 is 19.9 Å². The lowest BCUT2D eigenvalue weighted by molar-refractivity contribution is -0.127. The van der Waals surface area contributed by atoms with Gasteiger partial charge in [0.1, 0.15) is 35.1 Å². The Balaban J connectivity index is 1.66. The zero-order chi connectivity index (χ0) is 25.7. The van der Waals surface area contributed by atoms with Crippen molar-refractivity contribution in [3.8, 4) is 17.6 Å². The van der Waals surface area contributed by atoms with Crippen LogP contribution in [-0.2, 0) is 9.53 Å². The van der Waals surface area contributed by atoms with Crippen molar-refractivity contribution >= 4 is 34.4 Å². The van der Waals surface area contributed by atoms with Crippen LogP contribution in [0.2, 0.25) is 5.02 Å². The fourth-order valence-electron chi connectivity index (χ4n) is 3.12. The molecule has 0 aliphatic carbocycles. The Kier molecular flexibility index (Phi) is 7.65. The van der Waals surface area contributed by atoms with E-state index in [-0.39, 0.29) is 30.6 Å². The third-order valence-electron chi connectivity index (χ3n) is 4.93. The van der Waals surface area contributed by atoms with Crippen LogP contribution >= 0.6 is 11.6 Å². The smallest absolute Gasteiger partial charge is 0.269 e. The number of benzene rings is 1. The van der Waals surface area contributed by atoms with Crippen molar-refractivity contribution in [3.05, 3.63) is 65.5 Å². The van der Waals surface area contributed by atoms with Gasteiger partial charge in [0, 0.05) is 6.20 Å². The maximum absolute atomic E-state index is 13.2. The van der Waals surface area contributed by atoms with Crippen molar-refractivity contribution in [2.24, 2.45) is 0 Å². The molecule has 2 N–H and O–H groups in total. The average Bonchev–Trinajstić information content (AvgIpc) is 3.32. The van der Waals surface area contributed by atoms with E-state index < -0.39 is 23.9 Å². The van der Waals surface area contributed by atoms with Crippen molar-refractivity contribution in [3.63, 3.8) is 0 Å². The Morgan fingerprint density at radius 3 is 2.86 bits per heavy atom. The number of anilines is 1. The normalized spacial score (nSPS) is 12.6. The van der Waals surface area contributed by atoms with Gasteiger partial charge in [-0.15, -0.1) is 5.10 Å². The molecule has 0 saturated carbocycles. The summed E-state index contributed by atoms with van der Waals surface area (Å²) in [5, 5.41) is 26.3. The molecule has 4 rings (SSSR count). The Morgan fingerprint density at radius 2 is 2.14 bits per heavy atom. The number of nitriles is 1. The summed E-state index contributed by atoms with van der Waals surface area (Å²) < 4.78 is 26.0. The van der Waals surface area contributed by atoms with Gasteiger partial charge in [-0.3, -0.25) is 4.79 Å². The second-order valence-corrected chi connectivity index (χ2v) is 7.93. The summed E-state index contributed by atoms with van der Waals surface area (Å²) in [7, 11) is 0. The van der Waals surface area contributed by atoms with Gasteiger partial charge >= 0.3 is 0 Å². The quantitative estimate of drug-likeness (QED) is 0.346. The van der Waals surface area contributed by atoms with Crippen LogP contribution in [0.25, 0.3) is 16.7 Å². The minimum atomic E-state index is -1.23. The SMILES string of the molecule is C[C@H](CO)OC[C@H](Oc1ncnc2nn(-c3c(Cl)cccc3C#N)cc12)C(=O)Nc1ccc(F)cn1. The molecule has 3 aromatic heterocycles. The highest BCUT2D eigenvalue weighted by molar-refractivity contribution is 6.32. The summed E-state index contributed by atoms with van der Waals surface area (Å²) in [6.07, 6.45) is 1.90. The molecule has 0 aliphatic rings. The highest BCUT2D eigenvalue weighted by Crippen LogP contribution is 2.28. The van der Waals surface area contributed by atoms with Crippen molar-refractivity contribution in [1.82, 2.24) is 24.7 Å². The Bertz CT molecular complexity index is 1420. The van der Waals surface area contributed by atoms with Gasteiger partial charge in [0.2, 0.25) is 12.0 Å². The number of carbonyl (C=O) groups excluding carboxylic acids is 1. The number of rotatable bonds is 9. The monoisotopic (exact) mass is 511 g/mol. The van der Waals surface area contributed by atoms with Gasteiger partial charge in [0.25, 0.3) is 5.91 Å². The molecule has 13 heteroatoms. The van der Waals surface area contributed by atoms with E-state index in [1.54, 1.807) is 25.1 Å². The van der Waals surface area contributed by atoms with Crippen molar-refractivity contribution in [2.45, 2.75) is 19.1 Å². The molecular formula is C23H19ClFN7O4. The molecule has 0 radical (unpaired) electrons. The van der Waals surface area contributed by atoms with Crippen LogP contribution < -0.4 is 10.1 Å². The summed E-state index contributed by atoms with van der Waals surface area (Å²) in [5.41, 5.74) is 0.872. The predicted octanol–water partition coefficient (Wildman–Crippen LogP) is 2.66. The molecule has 36 heavy (non-hydrogen) atoms. The van der Waals surface area contributed by atoms with Gasteiger partial charge in [-0.05, 0) is 31.2 Å². The lowest BCUT2D eigenvalue weighted by Gasteiger charge is -2.20. The molecular weight excluding hydrogens is 493 g/mol. The van der Waals surface area contributed by atoms with Gasteiger partial charge in [0.15, 0.2) is 5.65 Å². The number of hydrogen-bond donors (Lipinski definition) is 2. The van der Waals surface area contributed by atoms with Gasteiger partial charge in [-0.1, -0.05) is 17.7 Å². The van der Waals surface area contributed by atoms with Crippen LogP contribution in [0.15, 0.2) is 49.1 Å². The third kappa shape index (κ3) is 5.55. The lowest BCUT2D eigenvalue weighted by atomic mass is 10.2. The van der Waals surface area contributed by atoms with E-state index in [4.69, 9.17) is 21.1 Å². The van der Waals surface area contributed by atoms with Gasteiger partial charge in [0.05, 0.1) is 36.1 Å². The summed E-state index contributed by atoms with van der Waals surface area (Å²) in [4.78, 5) is 25.0. The van der Waals surface area contributed by atoms with Crippen LogP contribution in [0.4, 0.5) is 10.2 Å². The van der Waals surface area contributed by atoms with Crippen LogP contribution in [-0.4, -0.2) is 61.2 Å². The topological polar surface area (TPSA) is 148 Å².